The predicted molar refractivity (Wildman–Crippen MR) is 82.6 cm³/mol. The van der Waals surface area contributed by atoms with E-state index in [-0.39, 0.29) is 0 Å². The number of rotatable bonds is 0. The van der Waals surface area contributed by atoms with Gasteiger partial charge >= 0.3 is 0 Å². The van der Waals surface area contributed by atoms with Crippen LogP contribution in [0.3, 0.4) is 0 Å². The van der Waals surface area contributed by atoms with Crippen molar-refractivity contribution in [2.45, 2.75) is 73.1 Å². The molecular formula is C18H33N. The molecule has 2 atom stereocenters. The van der Waals surface area contributed by atoms with Gasteiger partial charge in [-0.05, 0) is 68.1 Å². The highest BCUT2D eigenvalue weighted by molar-refractivity contribution is 4.85. The SMILES string of the molecule is CC1CC(C)C(C)C(C)C1.CC1CCC(C#N)CC1. The van der Waals surface area contributed by atoms with Gasteiger partial charge in [-0.3, -0.25) is 0 Å². The van der Waals surface area contributed by atoms with E-state index in [0.717, 1.165) is 42.4 Å². The van der Waals surface area contributed by atoms with Crippen LogP contribution < -0.4 is 0 Å². The Morgan fingerprint density at radius 1 is 0.737 bits per heavy atom. The molecule has 0 aromatic heterocycles. The average molecular weight is 263 g/mol. The third-order valence-electron chi connectivity index (χ3n) is 5.54. The summed E-state index contributed by atoms with van der Waals surface area (Å²) in [6.45, 7) is 11.9. The van der Waals surface area contributed by atoms with Crippen LogP contribution in [0, 0.1) is 46.8 Å². The smallest absolute Gasteiger partial charge is 0.0655 e. The van der Waals surface area contributed by atoms with E-state index >= 15 is 0 Å². The van der Waals surface area contributed by atoms with Crippen LogP contribution in [0.1, 0.15) is 73.1 Å². The molecule has 0 saturated heterocycles. The Labute approximate surface area is 120 Å². The molecule has 1 nitrogen and oxygen atoms in total. The second kappa shape index (κ2) is 7.93. The summed E-state index contributed by atoms with van der Waals surface area (Å²) in [5.41, 5.74) is 0. The van der Waals surface area contributed by atoms with Crippen molar-refractivity contribution in [2.75, 3.05) is 0 Å². The molecule has 2 rings (SSSR count). The molecule has 2 aliphatic rings. The summed E-state index contributed by atoms with van der Waals surface area (Å²) in [5.74, 6) is 5.09. The Hall–Kier alpha value is -0.510. The molecule has 0 aromatic rings. The summed E-state index contributed by atoms with van der Waals surface area (Å²) >= 11 is 0. The third-order valence-corrected chi connectivity index (χ3v) is 5.54. The molecule has 0 radical (unpaired) electrons. The lowest BCUT2D eigenvalue weighted by atomic mass is 9.71. The van der Waals surface area contributed by atoms with Gasteiger partial charge in [-0.1, -0.05) is 34.6 Å². The molecule has 2 saturated carbocycles. The van der Waals surface area contributed by atoms with Crippen molar-refractivity contribution >= 4 is 0 Å². The average Bonchev–Trinajstić information content (AvgIpc) is 2.37. The minimum Gasteiger partial charge on any atom is -0.198 e. The van der Waals surface area contributed by atoms with Gasteiger partial charge in [0.25, 0.3) is 0 Å². The summed E-state index contributed by atoms with van der Waals surface area (Å²) in [4.78, 5) is 0. The topological polar surface area (TPSA) is 23.8 Å². The first kappa shape index (κ1) is 16.5. The fourth-order valence-electron chi connectivity index (χ4n) is 3.74. The van der Waals surface area contributed by atoms with Gasteiger partial charge in [0.2, 0.25) is 0 Å². The van der Waals surface area contributed by atoms with Gasteiger partial charge < -0.3 is 0 Å². The molecule has 2 unspecified atom stereocenters. The van der Waals surface area contributed by atoms with E-state index in [1.807, 2.05) is 0 Å². The van der Waals surface area contributed by atoms with Crippen LogP contribution in [0.15, 0.2) is 0 Å². The molecule has 1 heteroatoms. The highest BCUT2D eigenvalue weighted by Crippen LogP contribution is 2.36. The van der Waals surface area contributed by atoms with Crippen LogP contribution in [0.2, 0.25) is 0 Å². The first-order valence-electron chi connectivity index (χ1n) is 8.33. The second-order valence-corrected chi connectivity index (χ2v) is 7.48. The predicted octanol–water partition coefficient (Wildman–Crippen LogP) is 5.66. The third kappa shape index (κ3) is 5.55. The van der Waals surface area contributed by atoms with Crippen LogP contribution in [0.4, 0.5) is 0 Å². The quantitative estimate of drug-likeness (QED) is 0.553. The zero-order valence-corrected chi connectivity index (χ0v) is 13.7. The Kier molecular flexibility index (Phi) is 6.90. The van der Waals surface area contributed by atoms with Crippen molar-refractivity contribution in [1.29, 1.82) is 5.26 Å². The van der Waals surface area contributed by atoms with Crippen LogP contribution in [-0.2, 0) is 0 Å². The number of hydrogen-bond donors (Lipinski definition) is 0. The lowest BCUT2D eigenvalue weighted by molar-refractivity contribution is 0.151. The lowest BCUT2D eigenvalue weighted by Crippen LogP contribution is -2.26. The Bertz CT molecular complexity index is 271. The summed E-state index contributed by atoms with van der Waals surface area (Å²) < 4.78 is 0. The minimum atomic E-state index is 0.376. The van der Waals surface area contributed by atoms with Gasteiger partial charge in [-0.15, -0.1) is 0 Å². The number of hydrogen-bond acceptors (Lipinski definition) is 1. The summed E-state index contributed by atoms with van der Waals surface area (Å²) in [6.07, 6.45) is 7.70. The van der Waals surface area contributed by atoms with Gasteiger partial charge in [-0.25, -0.2) is 0 Å². The molecular weight excluding hydrogens is 230 g/mol. The molecule has 0 heterocycles. The standard InChI is InChI=1S/C10H20.C8H13N/c1-7-5-8(2)10(4)9(3)6-7;1-7-2-4-8(6-9)5-3-7/h7-10H,5-6H2,1-4H3;7-8H,2-5H2,1H3. The lowest BCUT2D eigenvalue weighted by Gasteiger charge is -2.35. The molecule has 0 bridgehead atoms. The summed E-state index contributed by atoms with van der Waals surface area (Å²) in [5, 5.41) is 8.53. The van der Waals surface area contributed by atoms with Gasteiger partial charge in [0.15, 0.2) is 0 Å². The van der Waals surface area contributed by atoms with Crippen LogP contribution in [0.25, 0.3) is 0 Å². The van der Waals surface area contributed by atoms with Crippen molar-refractivity contribution in [3.63, 3.8) is 0 Å². The normalized spacial score (nSPS) is 42.7. The molecule has 110 valence electrons. The summed E-state index contributed by atoms with van der Waals surface area (Å²) in [6, 6.07) is 2.32. The van der Waals surface area contributed by atoms with Crippen LogP contribution in [-0.4, -0.2) is 0 Å². The molecule has 0 aliphatic heterocycles. The van der Waals surface area contributed by atoms with E-state index in [2.05, 4.69) is 40.7 Å². The van der Waals surface area contributed by atoms with E-state index in [1.54, 1.807) is 0 Å². The monoisotopic (exact) mass is 263 g/mol. The minimum absolute atomic E-state index is 0.376. The number of nitriles is 1. The van der Waals surface area contributed by atoms with Crippen LogP contribution >= 0.6 is 0 Å². The Morgan fingerprint density at radius 2 is 1.21 bits per heavy atom. The molecule has 2 aliphatic carbocycles. The van der Waals surface area contributed by atoms with Gasteiger partial charge in [0, 0.05) is 5.92 Å². The van der Waals surface area contributed by atoms with Crippen molar-refractivity contribution in [3.8, 4) is 6.07 Å². The van der Waals surface area contributed by atoms with Crippen molar-refractivity contribution < 1.29 is 0 Å². The van der Waals surface area contributed by atoms with E-state index in [0.29, 0.717) is 5.92 Å². The van der Waals surface area contributed by atoms with Gasteiger partial charge in [-0.2, -0.15) is 5.26 Å². The Balaban J connectivity index is 0.000000191. The van der Waals surface area contributed by atoms with E-state index in [9.17, 15) is 0 Å². The molecule has 2 fully saturated rings. The van der Waals surface area contributed by atoms with E-state index in [4.69, 9.17) is 5.26 Å². The van der Waals surface area contributed by atoms with Crippen molar-refractivity contribution in [2.24, 2.45) is 35.5 Å². The molecule has 0 N–H and O–H groups in total. The largest absolute Gasteiger partial charge is 0.198 e. The molecule has 0 spiro atoms. The zero-order chi connectivity index (χ0) is 14.4. The molecule has 19 heavy (non-hydrogen) atoms. The summed E-state index contributed by atoms with van der Waals surface area (Å²) in [7, 11) is 0. The number of nitrogens with zero attached hydrogens (tertiary/aromatic N) is 1. The maximum atomic E-state index is 8.53. The first-order chi connectivity index (χ1) is 8.93. The van der Waals surface area contributed by atoms with Crippen molar-refractivity contribution in [3.05, 3.63) is 0 Å². The van der Waals surface area contributed by atoms with E-state index < -0.39 is 0 Å². The molecule has 0 aromatic carbocycles. The first-order valence-corrected chi connectivity index (χ1v) is 8.33. The van der Waals surface area contributed by atoms with Gasteiger partial charge in [0.05, 0.1) is 6.07 Å². The highest BCUT2D eigenvalue weighted by Gasteiger charge is 2.27. The van der Waals surface area contributed by atoms with Crippen LogP contribution in [0.5, 0.6) is 0 Å². The maximum absolute atomic E-state index is 8.53. The fraction of sp³-hybridized carbons (Fsp3) is 0.944. The second-order valence-electron chi connectivity index (χ2n) is 7.48. The highest BCUT2D eigenvalue weighted by atomic mass is 14.3. The maximum Gasteiger partial charge on any atom is 0.0655 e. The molecule has 0 amide bonds. The van der Waals surface area contributed by atoms with E-state index in [1.165, 1.54) is 25.7 Å². The van der Waals surface area contributed by atoms with Crippen molar-refractivity contribution in [1.82, 2.24) is 0 Å². The van der Waals surface area contributed by atoms with Gasteiger partial charge in [0.1, 0.15) is 0 Å². The zero-order valence-electron chi connectivity index (χ0n) is 13.7. The Morgan fingerprint density at radius 3 is 1.63 bits per heavy atom. The fourth-order valence-corrected chi connectivity index (χ4v) is 3.74.